The molecule has 20 nitrogen and oxygen atoms in total. The van der Waals surface area contributed by atoms with Gasteiger partial charge < -0.3 is 30.7 Å². The van der Waals surface area contributed by atoms with E-state index < -0.39 is 67.0 Å². The molecule has 6 N–H and O–H groups in total. The summed E-state index contributed by atoms with van der Waals surface area (Å²) < 4.78 is 9.81. The van der Waals surface area contributed by atoms with Crippen molar-refractivity contribution < 1.29 is 47.8 Å². The van der Waals surface area contributed by atoms with E-state index in [4.69, 9.17) is 9.47 Å². The molecule has 0 unspecified atom stereocenters. The first-order chi connectivity index (χ1) is 37.9. The van der Waals surface area contributed by atoms with Crippen LogP contribution in [-0.4, -0.2) is 118 Å². The van der Waals surface area contributed by atoms with Crippen molar-refractivity contribution in [2.75, 3.05) is 26.3 Å². The van der Waals surface area contributed by atoms with Crippen LogP contribution in [-0.2, 0) is 47.8 Å². The van der Waals surface area contributed by atoms with Gasteiger partial charge in [0.15, 0.2) is 13.2 Å². The Morgan fingerprint density at radius 3 is 2.27 bits per heavy atom. The molecule has 3 aromatic carbocycles. The second kappa shape index (κ2) is 29.2. The van der Waals surface area contributed by atoms with Gasteiger partial charge in [0.25, 0.3) is 23.6 Å². The van der Waals surface area contributed by atoms with Crippen LogP contribution in [0.15, 0.2) is 117 Å². The largest absolute Gasteiger partial charge is 0.455 e. The number of nitrogens with one attached hydrogen (secondary N) is 6. The van der Waals surface area contributed by atoms with Gasteiger partial charge in [-0.05, 0) is 119 Å². The monoisotopic (exact) mass is 1080 g/mol. The third-order valence-electron chi connectivity index (χ3n) is 13.0. The first kappa shape index (κ1) is 59.6. The number of ether oxygens (including phenoxy) is 2. The van der Waals surface area contributed by atoms with Crippen molar-refractivity contribution in [3.05, 3.63) is 145 Å². The molecule has 3 aliphatic rings. The van der Waals surface area contributed by atoms with Crippen molar-refractivity contribution >= 4 is 81.1 Å². The number of fused-ring (bicyclic) bond motifs is 5. The van der Waals surface area contributed by atoms with E-state index >= 15 is 0 Å². The van der Waals surface area contributed by atoms with E-state index in [0.29, 0.717) is 44.5 Å². The minimum Gasteiger partial charge on any atom is -0.455 e. The summed E-state index contributed by atoms with van der Waals surface area (Å²) in [6, 6.07) is 22.5. The van der Waals surface area contributed by atoms with E-state index in [0.717, 1.165) is 38.4 Å². The van der Waals surface area contributed by atoms with Gasteiger partial charge in [-0.3, -0.25) is 58.3 Å². The van der Waals surface area contributed by atoms with E-state index in [2.05, 4.69) is 74.3 Å². The molecule has 0 radical (unpaired) electrons. The molecule has 79 heavy (non-hydrogen) atoms. The molecule has 0 saturated carbocycles. The van der Waals surface area contributed by atoms with E-state index in [-0.39, 0.29) is 42.6 Å². The molecule has 5 heterocycles. The highest BCUT2D eigenvalue weighted by Gasteiger charge is 2.33. The second-order valence-electron chi connectivity index (χ2n) is 19.4. The standard InChI is InChI=1S/C27H33N5O5.C25H29N5O5.C7H8/c1-5-8-25(34)37-16-24(33)29-18(4)27(36)32-12-7-9-23(31-32)26(35)30-17(3)19-10-11-20-15-28-22(6-2)14-21(20)13-19;1-15-17-8-9-18-13-26-20(12-19(18)11-17)5-3-7-23(32)35-14-22(31)27-16(2)25(34)30-10-4-6-21(29-30)24(33)28-15;1-7-5-3-2-4-6-7/h5-6,10-11,13-15,17-18,23,31H,1-2,7-9,12,16H2,3-4H3,(H,29,33)(H,30,35);3,5,8-9,11-13,15-16,21,29H,4,6-7,10,14H2,1-2H3,(H,27,31)(H,28,33);2-6H,1H3/b;5-3+;/t17-,18+,23+;15-,16+,21+;/m11./s1. The number of rotatable bonds is 10. The molecule has 20 heteroatoms. The number of pyridine rings is 2. The van der Waals surface area contributed by atoms with Crippen molar-refractivity contribution in [3.8, 4) is 0 Å². The summed E-state index contributed by atoms with van der Waals surface area (Å²) in [5, 5.41) is 17.7. The molecule has 0 aliphatic carbocycles. The van der Waals surface area contributed by atoms with Gasteiger partial charge in [0.05, 0.1) is 36.3 Å². The summed E-state index contributed by atoms with van der Waals surface area (Å²) in [5.41, 5.74) is 10.6. The molecule has 2 saturated heterocycles. The number of carbonyl (C=O) groups is 8. The first-order valence-electron chi connectivity index (χ1n) is 26.3. The zero-order valence-corrected chi connectivity index (χ0v) is 45.3. The van der Waals surface area contributed by atoms with E-state index in [9.17, 15) is 38.4 Å². The van der Waals surface area contributed by atoms with Gasteiger partial charge in [0.1, 0.15) is 24.2 Å². The number of aryl methyl sites for hydroxylation is 1. The molecule has 0 spiro atoms. The van der Waals surface area contributed by atoms with Crippen LogP contribution >= 0.6 is 0 Å². The van der Waals surface area contributed by atoms with Crippen molar-refractivity contribution in [1.82, 2.24) is 52.1 Å². The van der Waals surface area contributed by atoms with Crippen LogP contribution in [0, 0.1) is 6.92 Å². The highest BCUT2D eigenvalue weighted by Crippen LogP contribution is 2.24. The molecule has 5 bridgehead atoms. The minimum atomic E-state index is -0.869. The molecule has 3 aliphatic heterocycles. The Balaban J connectivity index is 0.000000227. The summed E-state index contributed by atoms with van der Waals surface area (Å²) in [6.07, 6.45) is 12.3. The number of hydrogen-bond donors (Lipinski definition) is 6. The smallest absolute Gasteiger partial charge is 0.310 e. The minimum absolute atomic E-state index is 0.00385. The highest BCUT2D eigenvalue weighted by atomic mass is 16.5. The molecular formula is C59H70N10O10. The van der Waals surface area contributed by atoms with Gasteiger partial charge in [-0.15, -0.1) is 6.58 Å². The summed E-state index contributed by atoms with van der Waals surface area (Å²) in [7, 11) is 0. The quantitative estimate of drug-likeness (QED) is 0.0742. The molecule has 6 amide bonds. The van der Waals surface area contributed by atoms with Gasteiger partial charge in [-0.1, -0.05) is 78.9 Å². The molecule has 8 rings (SSSR count). The predicted molar refractivity (Wildman–Crippen MR) is 299 cm³/mol. The van der Waals surface area contributed by atoms with Gasteiger partial charge in [0, 0.05) is 36.3 Å². The predicted octanol–water partition coefficient (Wildman–Crippen LogP) is 5.54. The average Bonchev–Trinajstić information content (AvgIpc) is 3.46. The highest BCUT2D eigenvalue weighted by molar-refractivity contribution is 5.91. The summed E-state index contributed by atoms with van der Waals surface area (Å²) >= 11 is 0. The Labute approximate surface area is 459 Å². The number of cyclic esters (lactones) is 1. The molecule has 6 atom stereocenters. The van der Waals surface area contributed by atoms with Crippen molar-refractivity contribution in [3.63, 3.8) is 0 Å². The first-order valence-corrected chi connectivity index (χ1v) is 26.3. The lowest BCUT2D eigenvalue weighted by Crippen LogP contribution is -2.61. The van der Waals surface area contributed by atoms with Gasteiger partial charge >= 0.3 is 11.9 Å². The number of carbonyl (C=O) groups excluding carboxylic acids is 8. The van der Waals surface area contributed by atoms with Crippen LogP contribution in [0.25, 0.3) is 33.7 Å². The molecule has 2 fully saturated rings. The van der Waals surface area contributed by atoms with Crippen LogP contribution in [0.5, 0.6) is 0 Å². The zero-order chi connectivity index (χ0) is 57.0. The number of hydrogen-bond acceptors (Lipinski definition) is 14. The Kier molecular flexibility index (Phi) is 22.0. The Hall–Kier alpha value is -8.62. The van der Waals surface area contributed by atoms with Crippen LogP contribution < -0.4 is 32.1 Å². The molecule has 2 aromatic heterocycles. The van der Waals surface area contributed by atoms with Crippen molar-refractivity contribution in [2.24, 2.45) is 0 Å². The number of amides is 6. The number of nitrogens with zero attached hydrogens (tertiary/aromatic N) is 4. The molecule has 416 valence electrons. The third kappa shape index (κ3) is 18.0. The van der Waals surface area contributed by atoms with Crippen LogP contribution in [0.2, 0.25) is 0 Å². The SMILES string of the molecule is C=CCC(=O)OCC(=O)N[C@@H](C)C(=O)N1CCC[C@@H](C(=O)N[C@H](C)c2ccc3cnc(C=C)cc3c2)N1.C[C@@H]1NC(=O)COC(=O)C/C=C/c2cc3cc(ccc3cn2)[C@@H](C)NC(=O)[C@@H]2CCCN(N2)C1=O.Cc1ccccc1. The van der Waals surface area contributed by atoms with E-state index in [1.54, 1.807) is 37.5 Å². The maximum Gasteiger partial charge on any atom is 0.310 e. The summed E-state index contributed by atoms with van der Waals surface area (Å²) in [5.74, 6) is -3.51. The maximum atomic E-state index is 13.0. The number of esters is 2. The fourth-order valence-corrected chi connectivity index (χ4v) is 8.65. The van der Waals surface area contributed by atoms with Gasteiger partial charge in [0.2, 0.25) is 11.8 Å². The normalized spacial score (nSPS) is 20.0. The Morgan fingerprint density at radius 2 is 1.54 bits per heavy atom. The fraction of sp³-hybridized carbons (Fsp3) is 0.356. The van der Waals surface area contributed by atoms with E-state index in [1.165, 1.54) is 28.6 Å². The number of aromatic nitrogens is 2. The lowest BCUT2D eigenvalue weighted by atomic mass is 10.0. The number of hydrazine groups is 2. The van der Waals surface area contributed by atoms with Crippen molar-refractivity contribution in [1.29, 1.82) is 0 Å². The maximum absolute atomic E-state index is 13.0. The van der Waals surface area contributed by atoms with Crippen LogP contribution in [0.1, 0.15) is 106 Å². The van der Waals surface area contributed by atoms with Crippen LogP contribution in [0.3, 0.4) is 0 Å². The van der Waals surface area contributed by atoms with Crippen molar-refractivity contribution in [2.45, 2.75) is 109 Å². The number of benzene rings is 3. The molecular weight excluding hydrogens is 1010 g/mol. The average molecular weight is 1080 g/mol. The molecule has 5 aromatic rings. The second-order valence-corrected chi connectivity index (χ2v) is 19.4. The third-order valence-corrected chi connectivity index (χ3v) is 13.0. The lowest BCUT2D eigenvalue weighted by Gasteiger charge is -2.35. The summed E-state index contributed by atoms with van der Waals surface area (Å²) in [4.78, 5) is 108. The Bertz CT molecular complexity index is 3060. The van der Waals surface area contributed by atoms with Crippen LogP contribution in [0.4, 0.5) is 0 Å². The topological polar surface area (TPSA) is 259 Å². The summed E-state index contributed by atoms with van der Waals surface area (Å²) in [6.45, 7) is 16.0. The lowest BCUT2D eigenvalue weighted by molar-refractivity contribution is -0.149. The fourth-order valence-electron chi connectivity index (χ4n) is 8.65. The zero-order valence-electron chi connectivity index (χ0n) is 45.3. The van der Waals surface area contributed by atoms with Gasteiger partial charge in [-0.2, -0.15) is 0 Å². The van der Waals surface area contributed by atoms with Gasteiger partial charge in [-0.25, -0.2) is 10.9 Å². The van der Waals surface area contributed by atoms with E-state index in [1.807, 2.05) is 80.6 Å². The Morgan fingerprint density at radius 1 is 0.823 bits per heavy atom.